The highest BCUT2D eigenvalue weighted by Crippen LogP contribution is 2.47. The molecule has 0 aromatic carbocycles. The van der Waals surface area contributed by atoms with Gasteiger partial charge in [0.05, 0.1) is 6.61 Å². The summed E-state index contributed by atoms with van der Waals surface area (Å²) >= 11 is 0. The summed E-state index contributed by atoms with van der Waals surface area (Å²) in [5.74, 6) is 0. The fourth-order valence-electron chi connectivity index (χ4n) is 0.393. The number of hydrogen-bond acceptors (Lipinski definition) is 5. The highest BCUT2D eigenvalue weighted by molar-refractivity contribution is 7.48. The summed E-state index contributed by atoms with van der Waals surface area (Å²) in [4.78, 5) is 9.82. The van der Waals surface area contributed by atoms with E-state index in [9.17, 15) is 9.36 Å². The molecular weight excluding hydrogens is 171 g/mol. The molecule has 0 rings (SSSR count). The Hall–Kier alpha value is -0.220. The molecule has 0 atom stereocenters. The third-order valence-corrected chi connectivity index (χ3v) is 2.33. The molecule has 66 valence electrons. The SMILES string of the molecule is COP(=O)(OC)OCCC=O. The van der Waals surface area contributed by atoms with Crippen LogP contribution in [0, 0.1) is 0 Å². The molecule has 0 aliphatic rings. The van der Waals surface area contributed by atoms with Crippen LogP contribution in [0.3, 0.4) is 0 Å². The van der Waals surface area contributed by atoms with E-state index in [2.05, 4.69) is 13.6 Å². The van der Waals surface area contributed by atoms with Crippen LogP contribution in [0.4, 0.5) is 0 Å². The molecule has 0 fully saturated rings. The Labute approximate surface area is 65.3 Å². The van der Waals surface area contributed by atoms with Crippen LogP contribution in [0.2, 0.25) is 0 Å². The Morgan fingerprint density at radius 1 is 1.36 bits per heavy atom. The Morgan fingerprint density at radius 3 is 2.27 bits per heavy atom. The maximum Gasteiger partial charge on any atom is 0.474 e. The number of carbonyl (C=O) groups excluding carboxylic acids is 1. The number of carbonyl (C=O) groups is 1. The molecule has 0 bridgehead atoms. The van der Waals surface area contributed by atoms with Crippen LogP contribution in [0.1, 0.15) is 6.42 Å². The maximum atomic E-state index is 11.0. The van der Waals surface area contributed by atoms with Crippen LogP contribution in [0.5, 0.6) is 0 Å². The van der Waals surface area contributed by atoms with Crippen molar-refractivity contribution in [3.63, 3.8) is 0 Å². The summed E-state index contributed by atoms with van der Waals surface area (Å²) < 4.78 is 24.5. The van der Waals surface area contributed by atoms with E-state index < -0.39 is 7.82 Å². The van der Waals surface area contributed by atoms with Crippen molar-refractivity contribution in [2.45, 2.75) is 6.42 Å². The first-order valence-corrected chi connectivity index (χ1v) is 4.44. The first-order valence-electron chi connectivity index (χ1n) is 2.98. The Balaban J connectivity index is 3.69. The van der Waals surface area contributed by atoms with E-state index in [4.69, 9.17) is 0 Å². The van der Waals surface area contributed by atoms with Crippen LogP contribution in [-0.4, -0.2) is 27.1 Å². The molecule has 0 heterocycles. The minimum absolute atomic E-state index is 0.0441. The molecule has 5 nitrogen and oxygen atoms in total. The van der Waals surface area contributed by atoms with Crippen LogP contribution >= 0.6 is 7.82 Å². The van der Waals surface area contributed by atoms with Crippen LogP contribution < -0.4 is 0 Å². The fourth-order valence-corrected chi connectivity index (χ4v) is 1.08. The lowest BCUT2D eigenvalue weighted by Gasteiger charge is -2.11. The zero-order valence-electron chi connectivity index (χ0n) is 6.48. The number of phosphoric acid groups is 1. The third kappa shape index (κ3) is 4.27. The predicted octanol–water partition coefficient (Wildman–Crippen LogP) is 0.993. The molecule has 0 spiro atoms. The average Bonchev–Trinajstić information content (AvgIpc) is 2.05. The molecular formula is C5H11O5P. The Morgan fingerprint density at radius 2 is 1.91 bits per heavy atom. The van der Waals surface area contributed by atoms with Gasteiger partial charge in [-0.05, 0) is 0 Å². The van der Waals surface area contributed by atoms with E-state index in [1.54, 1.807) is 0 Å². The normalized spacial score (nSPS) is 11.5. The monoisotopic (exact) mass is 182 g/mol. The number of aldehydes is 1. The van der Waals surface area contributed by atoms with Crippen molar-refractivity contribution < 1.29 is 22.9 Å². The minimum Gasteiger partial charge on any atom is -0.303 e. The van der Waals surface area contributed by atoms with Gasteiger partial charge in [-0.3, -0.25) is 13.6 Å². The van der Waals surface area contributed by atoms with Crippen molar-refractivity contribution >= 4 is 14.1 Å². The fraction of sp³-hybridized carbons (Fsp3) is 0.800. The third-order valence-electron chi connectivity index (χ3n) is 0.932. The van der Waals surface area contributed by atoms with Gasteiger partial charge in [0.2, 0.25) is 0 Å². The topological polar surface area (TPSA) is 61.8 Å². The summed E-state index contributed by atoms with van der Waals surface area (Å²) in [6.45, 7) is 0.0441. The van der Waals surface area contributed by atoms with Crippen molar-refractivity contribution in [1.82, 2.24) is 0 Å². The zero-order valence-corrected chi connectivity index (χ0v) is 7.37. The summed E-state index contributed by atoms with van der Waals surface area (Å²) in [7, 11) is -0.943. The van der Waals surface area contributed by atoms with E-state index in [0.29, 0.717) is 6.29 Å². The van der Waals surface area contributed by atoms with Gasteiger partial charge < -0.3 is 4.79 Å². The molecule has 0 unspecified atom stereocenters. The molecule has 0 aromatic heterocycles. The van der Waals surface area contributed by atoms with Crippen molar-refractivity contribution in [3.05, 3.63) is 0 Å². The van der Waals surface area contributed by atoms with Crippen molar-refractivity contribution in [3.8, 4) is 0 Å². The second kappa shape index (κ2) is 5.43. The second-order valence-electron chi connectivity index (χ2n) is 1.60. The molecule has 0 amide bonds. The van der Waals surface area contributed by atoms with Crippen molar-refractivity contribution in [2.24, 2.45) is 0 Å². The molecule has 0 aliphatic heterocycles. The molecule has 0 radical (unpaired) electrons. The quantitative estimate of drug-likeness (QED) is 0.348. The number of rotatable bonds is 6. The van der Waals surface area contributed by atoms with Gasteiger partial charge in [0.15, 0.2) is 0 Å². The first kappa shape index (κ1) is 10.8. The van der Waals surface area contributed by atoms with E-state index >= 15 is 0 Å². The first-order chi connectivity index (χ1) is 5.18. The lowest BCUT2D eigenvalue weighted by Crippen LogP contribution is -1.97. The molecule has 11 heavy (non-hydrogen) atoms. The summed E-state index contributed by atoms with van der Waals surface area (Å²) in [6.07, 6.45) is 0.840. The summed E-state index contributed by atoms with van der Waals surface area (Å²) in [5.41, 5.74) is 0. The second-order valence-corrected chi connectivity index (χ2v) is 3.48. The smallest absolute Gasteiger partial charge is 0.303 e. The summed E-state index contributed by atoms with van der Waals surface area (Å²) in [6, 6.07) is 0. The van der Waals surface area contributed by atoms with Gasteiger partial charge in [-0.25, -0.2) is 4.57 Å². The van der Waals surface area contributed by atoms with Gasteiger partial charge in [0, 0.05) is 20.6 Å². The Bertz CT molecular complexity index is 149. The highest BCUT2D eigenvalue weighted by Gasteiger charge is 2.21. The Kier molecular flexibility index (Phi) is 5.32. The van der Waals surface area contributed by atoms with Gasteiger partial charge in [0.25, 0.3) is 0 Å². The van der Waals surface area contributed by atoms with E-state index in [1.165, 1.54) is 14.2 Å². The van der Waals surface area contributed by atoms with Crippen LogP contribution in [0.15, 0.2) is 0 Å². The van der Waals surface area contributed by atoms with E-state index in [0.717, 1.165) is 0 Å². The zero-order chi connectivity index (χ0) is 8.74. The van der Waals surface area contributed by atoms with Crippen LogP contribution in [0.25, 0.3) is 0 Å². The number of hydrogen-bond donors (Lipinski definition) is 0. The molecule has 0 aromatic rings. The standard InChI is InChI=1S/C5H11O5P/c1-8-11(7,9-2)10-5-3-4-6/h4H,3,5H2,1-2H3. The lowest BCUT2D eigenvalue weighted by atomic mass is 10.5. The van der Waals surface area contributed by atoms with Crippen LogP contribution in [-0.2, 0) is 22.9 Å². The molecule has 0 N–H and O–H groups in total. The van der Waals surface area contributed by atoms with Gasteiger partial charge in [-0.1, -0.05) is 0 Å². The molecule has 6 heteroatoms. The van der Waals surface area contributed by atoms with Gasteiger partial charge in [-0.2, -0.15) is 0 Å². The largest absolute Gasteiger partial charge is 0.474 e. The maximum absolute atomic E-state index is 11.0. The van der Waals surface area contributed by atoms with Gasteiger partial charge in [0.1, 0.15) is 6.29 Å². The minimum atomic E-state index is -3.37. The lowest BCUT2D eigenvalue weighted by molar-refractivity contribution is -0.108. The predicted molar refractivity (Wildman–Crippen MR) is 38.3 cm³/mol. The molecule has 0 aliphatic carbocycles. The van der Waals surface area contributed by atoms with Gasteiger partial charge >= 0.3 is 7.82 Å². The number of phosphoric ester groups is 1. The molecule has 0 saturated heterocycles. The van der Waals surface area contributed by atoms with E-state index in [-0.39, 0.29) is 13.0 Å². The van der Waals surface area contributed by atoms with Gasteiger partial charge in [-0.15, -0.1) is 0 Å². The van der Waals surface area contributed by atoms with E-state index in [1.807, 2.05) is 0 Å². The average molecular weight is 182 g/mol. The van der Waals surface area contributed by atoms with Crippen molar-refractivity contribution in [1.29, 1.82) is 0 Å². The summed E-state index contributed by atoms with van der Waals surface area (Å²) in [5, 5.41) is 0. The van der Waals surface area contributed by atoms with Crippen molar-refractivity contribution in [2.75, 3.05) is 20.8 Å². The highest BCUT2D eigenvalue weighted by atomic mass is 31.2. The molecule has 0 saturated carbocycles.